The molecule has 186 valence electrons. The van der Waals surface area contributed by atoms with Crippen LogP contribution in [-0.2, 0) is 22.5 Å². The van der Waals surface area contributed by atoms with Crippen LogP contribution < -0.4 is 4.74 Å². The minimum atomic E-state index is -0.842. The van der Waals surface area contributed by atoms with E-state index in [-0.39, 0.29) is 5.91 Å². The standard InChI is InChI=1S/C28H34N2O5/c1-5-12-30-17-21(14-18-8-9-20(28(33)35-4)16-25(18)34-3)23-15-19(10-11-24(23)30)26(31)22-7-6-13-29(2)27(22)32/h8-11,15-17,22,26,31H,5-7,12-14H2,1-4H3. The number of benzene rings is 2. The van der Waals surface area contributed by atoms with E-state index in [1.54, 1.807) is 31.2 Å². The molecule has 2 unspecified atom stereocenters. The van der Waals surface area contributed by atoms with Crippen LogP contribution in [0.2, 0.25) is 0 Å². The van der Waals surface area contributed by atoms with Gasteiger partial charge in [-0.1, -0.05) is 19.1 Å². The smallest absolute Gasteiger partial charge is 0.337 e. The average Bonchev–Trinajstić information content (AvgIpc) is 3.21. The fourth-order valence-electron chi connectivity index (χ4n) is 5.07. The zero-order valence-electron chi connectivity index (χ0n) is 20.9. The molecule has 1 N–H and O–H groups in total. The van der Waals surface area contributed by atoms with E-state index in [1.165, 1.54) is 7.11 Å². The number of piperidine rings is 1. The van der Waals surface area contributed by atoms with E-state index < -0.39 is 18.0 Å². The number of aryl methyl sites for hydroxylation is 1. The molecule has 0 aliphatic carbocycles. The summed E-state index contributed by atoms with van der Waals surface area (Å²) in [6.45, 7) is 3.76. The summed E-state index contributed by atoms with van der Waals surface area (Å²) < 4.78 is 12.7. The van der Waals surface area contributed by atoms with E-state index >= 15 is 0 Å². The third-order valence-electron chi connectivity index (χ3n) is 6.97. The number of methoxy groups -OCH3 is 2. The third-order valence-corrected chi connectivity index (χ3v) is 6.97. The van der Waals surface area contributed by atoms with Crippen LogP contribution in [0, 0.1) is 5.92 Å². The van der Waals surface area contributed by atoms with Crippen LogP contribution in [0.1, 0.15) is 59.3 Å². The van der Waals surface area contributed by atoms with E-state index in [1.807, 2.05) is 24.3 Å². The summed E-state index contributed by atoms with van der Waals surface area (Å²) in [6, 6.07) is 11.3. The molecule has 1 aliphatic rings. The summed E-state index contributed by atoms with van der Waals surface area (Å²) >= 11 is 0. The number of esters is 1. The molecule has 0 bridgehead atoms. The van der Waals surface area contributed by atoms with Gasteiger partial charge in [-0.15, -0.1) is 0 Å². The Bertz CT molecular complexity index is 1230. The number of fused-ring (bicyclic) bond motifs is 1. The molecule has 1 aliphatic heterocycles. The van der Waals surface area contributed by atoms with Gasteiger partial charge in [0.2, 0.25) is 5.91 Å². The van der Waals surface area contributed by atoms with Crippen molar-refractivity contribution < 1.29 is 24.2 Å². The lowest BCUT2D eigenvalue weighted by molar-refractivity contribution is -0.141. The zero-order valence-corrected chi connectivity index (χ0v) is 20.9. The highest BCUT2D eigenvalue weighted by molar-refractivity contribution is 5.90. The Labute approximate surface area is 206 Å². The van der Waals surface area contributed by atoms with E-state index in [4.69, 9.17) is 9.47 Å². The van der Waals surface area contributed by atoms with Crippen molar-refractivity contribution in [3.05, 3.63) is 64.8 Å². The molecule has 35 heavy (non-hydrogen) atoms. The van der Waals surface area contributed by atoms with Gasteiger partial charge >= 0.3 is 5.97 Å². The van der Waals surface area contributed by atoms with Crippen molar-refractivity contribution in [1.82, 2.24) is 9.47 Å². The Morgan fingerprint density at radius 2 is 1.97 bits per heavy atom. The monoisotopic (exact) mass is 478 g/mol. The summed E-state index contributed by atoms with van der Waals surface area (Å²) in [5, 5.41) is 12.2. The average molecular weight is 479 g/mol. The van der Waals surface area contributed by atoms with Gasteiger partial charge in [-0.2, -0.15) is 0 Å². The van der Waals surface area contributed by atoms with Crippen molar-refractivity contribution in [2.24, 2.45) is 5.92 Å². The fraction of sp³-hybridized carbons (Fsp3) is 0.429. The summed E-state index contributed by atoms with van der Waals surface area (Å²) in [7, 11) is 4.75. The van der Waals surface area contributed by atoms with Gasteiger partial charge in [-0.05, 0) is 60.2 Å². The fourth-order valence-corrected chi connectivity index (χ4v) is 5.07. The number of nitrogens with zero attached hydrogens (tertiary/aromatic N) is 2. The molecular weight excluding hydrogens is 444 g/mol. The topological polar surface area (TPSA) is 81.0 Å². The molecule has 4 rings (SSSR count). The second-order valence-corrected chi connectivity index (χ2v) is 9.27. The Morgan fingerprint density at radius 3 is 2.69 bits per heavy atom. The first kappa shape index (κ1) is 24.8. The molecule has 3 aromatic rings. The predicted molar refractivity (Wildman–Crippen MR) is 135 cm³/mol. The molecule has 2 heterocycles. The van der Waals surface area contributed by atoms with Crippen LogP contribution in [-0.4, -0.2) is 54.3 Å². The van der Waals surface area contributed by atoms with Crippen molar-refractivity contribution in [2.75, 3.05) is 27.8 Å². The number of amides is 1. The van der Waals surface area contributed by atoms with Gasteiger partial charge in [-0.25, -0.2) is 4.79 Å². The molecule has 0 spiro atoms. The molecule has 7 heteroatoms. The lowest BCUT2D eigenvalue weighted by Crippen LogP contribution is -2.40. The van der Waals surface area contributed by atoms with Crippen molar-refractivity contribution >= 4 is 22.8 Å². The maximum atomic E-state index is 12.7. The number of aliphatic hydroxyl groups is 1. The maximum absolute atomic E-state index is 12.7. The Morgan fingerprint density at radius 1 is 1.17 bits per heavy atom. The van der Waals surface area contributed by atoms with Crippen molar-refractivity contribution in [1.29, 1.82) is 0 Å². The normalized spacial score (nSPS) is 17.0. The van der Waals surface area contributed by atoms with E-state index in [0.29, 0.717) is 24.2 Å². The Kier molecular flexibility index (Phi) is 7.45. The number of carbonyl (C=O) groups is 2. The molecule has 2 aromatic carbocycles. The number of hydrogen-bond donors (Lipinski definition) is 1. The van der Waals surface area contributed by atoms with E-state index in [2.05, 4.69) is 17.7 Å². The van der Waals surface area contributed by atoms with Gasteiger partial charge in [0.1, 0.15) is 5.75 Å². The molecule has 1 aromatic heterocycles. The van der Waals surface area contributed by atoms with Crippen LogP contribution in [0.25, 0.3) is 10.9 Å². The predicted octanol–water partition coefficient (Wildman–Crippen LogP) is 4.34. The summed E-state index contributed by atoms with van der Waals surface area (Å²) in [5.41, 5.74) is 4.34. The number of carbonyl (C=O) groups excluding carboxylic acids is 2. The number of aliphatic hydroxyl groups excluding tert-OH is 1. The number of aromatic nitrogens is 1. The number of likely N-dealkylation sites (tertiary alicyclic amines) is 1. The van der Waals surface area contributed by atoms with Gasteiger partial charge in [0.25, 0.3) is 0 Å². The second-order valence-electron chi connectivity index (χ2n) is 9.27. The summed E-state index contributed by atoms with van der Waals surface area (Å²) in [6.07, 6.45) is 4.49. The first-order chi connectivity index (χ1) is 16.9. The highest BCUT2D eigenvalue weighted by atomic mass is 16.5. The molecule has 0 saturated carbocycles. The minimum Gasteiger partial charge on any atom is -0.496 e. The Balaban J connectivity index is 1.72. The lowest BCUT2D eigenvalue weighted by atomic mass is 9.87. The van der Waals surface area contributed by atoms with Crippen LogP contribution in [0.15, 0.2) is 42.6 Å². The molecule has 7 nitrogen and oxygen atoms in total. The van der Waals surface area contributed by atoms with Crippen LogP contribution >= 0.6 is 0 Å². The van der Waals surface area contributed by atoms with Crippen molar-refractivity contribution in [2.45, 2.75) is 45.3 Å². The second kappa shape index (κ2) is 10.5. The number of rotatable bonds is 8. The molecule has 1 amide bonds. The van der Waals surface area contributed by atoms with Crippen LogP contribution in [0.3, 0.4) is 0 Å². The summed E-state index contributed by atoms with van der Waals surface area (Å²) in [5.74, 6) is -0.200. The highest BCUT2D eigenvalue weighted by Crippen LogP contribution is 2.34. The highest BCUT2D eigenvalue weighted by Gasteiger charge is 2.33. The Hall–Kier alpha value is -3.32. The molecule has 1 saturated heterocycles. The molecule has 1 fully saturated rings. The first-order valence-corrected chi connectivity index (χ1v) is 12.2. The largest absolute Gasteiger partial charge is 0.496 e. The maximum Gasteiger partial charge on any atom is 0.337 e. The SMILES string of the molecule is CCCn1cc(Cc2ccc(C(=O)OC)cc2OC)c2cc(C(O)C3CCCN(C)C3=O)ccc21. The van der Waals surface area contributed by atoms with E-state index in [0.717, 1.165) is 53.5 Å². The van der Waals surface area contributed by atoms with Gasteiger partial charge in [0, 0.05) is 43.7 Å². The van der Waals surface area contributed by atoms with Crippen LogP contribution in [0.4, 0.5) is 0 Å². The third kappa shape index (κ3) is 4.91. The molecular formula is C28H34N2O5. The molecule has 0 radical (unpaired) electrons. The first-order valence-electron chi connectivity index (χ1n) is 12.2. The lowest BCUT2D eigenvalue weighted by Gasteiger charge is -2.32. The van der Waals surface area contributed by atoms with Gasteiger partial charge < -0.3 is 24.0 Å². The van der Waals surface area contributed by atoms with Crippen molar-refractivity contribution in [3.8, 4) is 5.75 Å². The number of hydrogen-bond acceptors (Lipinski definition) is 5. The summed E-state index contributed by atoms with van der Waals surface area (Å²) in [4.78, 5) is 26.3. The molecule has 2 atom stereocenters. The van der Waals surface area contributed by atoms with Gasteiger partial charge in [0.05, 0.1) is 31.8 Å². The van der Waals surface area contributed by atoms with Gasteiger partial charge in [-0.3, -0.25) is 4.79 Å². The van der Waals surface area contributed by atoms with Crippen LogP contribution in [0.5, 0.6) is 5.75 Å². The van der Waals surface area contributed by atoms with Gasteiger partial charge in [0.15, 0.2) is 0 Å². The quantitative estimate of drug-likeness (QED) is 0.487. The van der Waals surface area contributed by atoms with E-state index in [9.17, 15) is 14.7 Å². The zero-order chi connectivity index (χ0) is 25.1. The van der Waals surface area contributed by atoms with Crippen molar-refractivity contribution in [3.63, 3.8) is 0 Å². The minimum absolute atomic E-state index is 0.00283. The number of ether oxygens (including phenoxy) is 2.